The quantitative estimate of drug-likeness (QED) is 0.479. The molecule has 1 aliphatic heterocycles. The van der Waals surface area contributed by atoms with Crippen LogP contribution in [0.4, 0.5) is 5.69 Å². The van der Waals surface area contributed by atoms with Crippen LogP contribution >= 0.6 is 11.8 Å². The fourth-order valence-corrected chi connectivity index (χ4v) is 5.23. The highest BCUT2D eigenvalue weighted by atomic mass is 32.2. The molecule has 0 aliphatic carbocycles. The molecule has 6 heteroatoms. The van der Waals surface area contributed by atoms with Crippen LogP contribution in [0, 0.1) is 0 Å². The molecule has 0 amide bonds. The summed E-state index contributed by atoms with van der Waals surface area (Å²) in [7, 11) is 0. The maximum absolute atomic E-state index is 11.8. The second-order valence-corrected chi connectivity index (χ2v) is 9.23. The Bertz CT molecular complexity index is 1100. The highest BCUT2D eigenvalue weighted by Gasteiger charge is 2.34. The molecule has 0 spiro atoms. The minimum Gasteiger partial charge on any atom is -0.492 e. The van der Waals surface area contributed by atoms with Crippen LogP contribution in [-0.2, 0) is 16.0 Å². The molecule has 0 bridgehead atoms. The average molecular weight is 452 g/mol. The van der Waals surface area contributed by atoms with E-state index in [4.69, 9.17) is 9.47 Å². The van der Waals surface area contributed by atoms with Crippen molar-refractivity contribution in [2.45, 2.75) is 30.8 Å². The predicted octanol–water partition coefficient (Wildman–Crippen LogP) is 5.25. The van der Waals surface area contributed by atoms with Crippen molar-refractivity contribution in [2.75, 3.05) is 37.0 Å². The van der Waals surface area contributed by atoms with Crippen molar-refractivity contribution in [2.24, 2.45) is 0 Å². The van der Waals surface area contributed by atoms with Gasteiger partial charge in [0, 0.05) is 30.2 Å². The zero-order valence-corrected chi connectivity index (χ0v) is 19.4. The van der Waals surface area contributed by atoms with Crippen LogP contribution in [0.2, 0.25) is 0 Å². The number of anilines is 1. The predicted molar refractivity (Wildman–Crippen MR) is 130 cm³/mol. The van der Waals surface area contributed by atoms with Crippen molar-refractivity contribution in [3.8, 4) is 5.75 Å². The van der Waals surface area contributed by atoms with Gasteiger partial charge >= 0.3 is 5.97 Å². The molecule has 0 saturated carbocycles. The van der Waals surface area contributed by atoms with E-state index in [1.54, 1.807) is 6.92 Å². The number of thioether (sulfide) groups is 1. The lowest BCUT2D eigenvalue weighted by Gasteiger charge is -2.30. The number of rotatable bonds is 9. The van der Waals surface area contributed by atoms with E-state index in [1.165, 1.54) is 10.6 Å². The van der Waals surface area contributed by atoms with Gasteiger partial charge in [0.05, 0.1) is 12.2 Å². The second-order valence-electron chi connectivity index (χ2n) is 8.10. The molecule has 1 aliphatic rings. The third-order valence-electron chi connectivity index (χ3n) is 5.84. The molecule has 32 heavy (non-hydrogen) atoms. The number of fused-ring (bicyclic) bond motifs is 2. The molecule has 3 aromatic carbocycles. The van der Waals surface area contributed by atoms with E-state index in [2.05, 4.69) is 29.2 Å². The van der Waals surface area contributed by atoms with Crippen LogP contribution in [0.3, 0.4) is 0 Å². The van der Waals surface area contributed by atoms with Crippen LogP contribution < -0.4 is 9.64 Å². The number of carbonyl (C=O) groups is 1. The summed E-state index contributed by atoms with van der Waals surface area (Å²) >= 11 is 1.91. The van der Waals surface area contributed by atoms with E-state index in [-0.39, 0.29) is 0 Å². The Balaban J connectivity index is 1.45. The number of hydrogen-bond acceptors (Lipinski definition) is 5. The summed E-state index contributed by atoms with van der Waals surface area (Å²) in [5, 5.41) is 11.7. The van der Waals surface area contributed by atoms with Gasteiger partial charge in [-0.2, -0.15) is 0 Å². The van der Waals surface area contributed by atoms with Crippen LogP contribution in [-0.4, -0.2) is 48.7 Å². The highest BCUT2D eigenvalue weighted by molar-refractivity contribution is 7.99. The fourth-order valence-electron chi connectivity index (χ4n) is 4.18. The highest BCUT2D eigenvalue weighted by Crippen LogP contribution is 2.34. The lowest BCUT2D eigenvalue weighted by molar-refractivity contribution is -0.162. The van der Waals surface area contributed by atoms with Gasteiger partial charge in [-0.25, -0.2) is 4.79 Å². The fraction of sp³-hybridized carbons (Fsp3) is 0.346. The van der Waals surface area contributed by atoms with Crippen molar-refractivity contribution >= 4 is 34.2 Å². The maximum Gasteiger partial charge on any atom is 0.336 e. The molecule has 5 nitrogen and oxygen atoms in total. The third-order valence-corrected chi connectivity index (χ3v) is 6.88. The zero-order valence-electron chi connectivity index (χ0n) is 18.5. The molecule has 0 radical (unpaired) electrons. The van der Waals surface area contributed by atoms with Gasteiger partial charge in [-0.15, -0.1) is 11.8 Å². The van der Waals surface area contributed by atoms with Crippen LogP contribution in [0.25, 0.3) is 10.8 Å². The number of para-hydroxylation sites is 1. The first-order valence-corrected chi connectivity index (χ1v) is 12.0. The summed E-state index contributed by atoms with van der Waals surface area (Å²) in [6.07, 6.45) is 0.306. The summed E-state index contributed by atoms with van der Waals surface area (Å²) in [6, 6.07) is 20.5. The van der Waals surface area contributed by atoms with Gasteiger partial charge < -0.3 is 19.5 Å². The van der Waals surface area contributed by atoms with Gasteiger partial charge in [0.15, 0.2) is 5.60 Å². The molecule has 0 aromatic heterocycles. The Morgan fingerprint density at radius 1 is 1.16 bits per heavy atom. The number of carboxylic acids is 1. The van der Waals surface area contributed by atoms with E-state index >= 15 is 0 Å². The van der Waals surface area contributed by atoms with E-state index in [0.29, 0.717) is 19.6 Å². The molecular formula is C26H29NO4S. The minimum atomic E-state index is -1.25. The van der Waals surface area contributed by atoms with Gasteiger partial charge in [-0.3, -0.25) is 0 Å². The van der Waals surface area contributed by atoms with E-state index in [1.807, 2.05) is 55.1 Å². The molecule has 0 saturated heterocycles. The first-order valence-electron chi connectivity index (χ1n) is 11.0. The number of ether oxygens (including phenoxy) is 2. The first kappa shape index (κ1) is 22.5. The number of benzene rings is 3. The SMILES string of the molecule is CCOC(C)(Cc1cccc2cc(OCCN3CCSc4ccccc43)ccc12)C(=O)O. The Hall–Kier alpha value is -2.70. The molecule has 1 heterocycles. The van der Waals surface area contributed by atoms with Gasteiger partial charge in [-0.1, -0.05) is 36.4 Å². The van der Waals surface area contributed by atoms with E-state index in [9.17, 15) is 9.90 Å². The normalized spacial score (nSPS) is 15.2. The monoisotopic (exact) mass is 451 g/mol. The van der Waals surface area contributed by atoms with Crippen LogP contribution in [0.1, 0.15) is 19.4 Å². The van der Waals surface area contributed by atoms with Crippen molar-refractivity contribution in [3.05, 3.63) is 66.2 Å². The van der Waals surface area contributed by atoms with Gasteiger partial charge in [-0.05, 0) is 54.4 Å². The van der Waals surface area contributed by atoms with Gasteiger partial charge in [0.2, 0.25) is 0 Å². The molecule has 3 aromatic rings. The third kappa shape index (κ3) is 4.87. The largest absolute Gasteiger partial charge is 0.492 e. The summed E-state index contributed by atoms with van der Waals surface area (Å²) in [5.74, 6) is 0.960. The molecule has 168 valence electrons. The smallest absolute Gasteiger partial charge is 0.336 e. The van der Waals surface area contributed by atoms with Crippen molar-refractivity contribution in [1.29, 1.82) is 0 Å². The minimum absolute atomic E-state index is 0.306. The lowest BCUT2D eigenvalue weighted by atomic mass is 9.92. The lowest BCUT2D eigenvalue weighted by Crippen LogP contribution is -2.40. The number of carboxylic acid groups (broad SMARTS) is 1. The molecule has 0 fully saturated rings. The number of aliphatic carboxylic acids is 1. The topological polar surface area (TPSA) is 59.0 Å². The summed E-state index contributed by atoms with van der Waals surface area (Å²) < 4.78 is 11.7. The van der Waals surface area contributed by atoms with Crippen molar-refractivity contribution in [3.63, 3.8) is 0 Å². The number of hydrogen-bond donors (Lipinski definition) is 1. The van der Waals surface area contributed by atoms with Crippen LogP contribution in [0.15, 0.2) is 65.6 Å². The molecule has 1 unspecified atom stereocenters. The second kappa shape index (κ2) is 9.84. The Morgan fingerprint density at radius 2 is 2.00 bits per heavy atom. The summed E-state index contributed by atoms with van der Waals surface area (Å²) in [6.45, 7) is 6.26. The Morgan fingerprint density at radius 3 is 2.81 bits per heavy atom. The van der Waals surface area contributed by atoms with Gasteiger partial charge in [0.25, 0.3) is 0 Å². The first-order chi connectivity index (χ1) is 15.5. The van der Waals surface area contributed by atoms with Crippen molar-refractivity contribution < 1.29 is 19.4 Å². The summed E-state index contributed by atoms with van der Waals surface area (Å²) in [4.78, 5) is 15.5. The van der Waals surface area contributed by atoms with E-state index < -0.39 is 11.6 Å². The standard InChI is InChI=1S/C26H29NO4S/c1-3-31-26(2,25(28)29)18-20-8-6-7-19-17-21(11-12-22(19)20)30-15-13-27-14-16-32-24-10-5-4-9-23(24)27/h4-12,17H,3,13-16,18H2,1-2H3,(H,28,29). The average Bonchev–Trinajstić information content (AvgIpc) is 2.79. The number of nitrogens with zero attached hydrogens (tertiary/aromatic N) is 1. The van der Waals surface area contributed by atoms with E-state index in [0.717, 1.165) is 40.9 Å². The molecule has 1 N–H and O–H groups in total. The van der Waals surface area contributed by atoms with Crippen LogP contribution in [0.5, 0.6) is 5.75 Å². The zero-order chi connectivity index (χ0) is 22.6. The van der Waals surface area contributed by atoms with Gasteiger partial charge in [0.1, 0.15) is 12.4 Å². The molecular weight excluding hydrogens is 422 g/mol. The maximum atomic E-state index is 11.8. The van der Waals surface area contributed by atoms with Crippen molar-refractivity contribution in [1.82, 2.24) is 0 Å². The Labute approximate surface area is 193 Å². The molecule has 1 atom stereocenters. The molecule has 4 rings (SSSR count). The Kier molecular flexibility index (Phi) is 6.92. The summed E-state index contributed by atoms with van der Waals surface area (Å²) in [5.41, 5.74) is 0.988.